The van der Waals surface area contributed by atoms with Crippen LogP contribution in [-0.4, -0.2) is 6.54 Å². The van der Waals surface area contributed by atoms with Gasteiger partial charge in [0.25, 0.3) is 0 Å². The number of benzene rings is 2. The molecule has 0 saturated carbocycles. The van der Waals surface area contributed by atoms with Gasteiger partial charge in [-0.3, -0.25) is 0 Å². The SMILES string of the molecule is C=C(Cc1ccc(-c2ccccc2)cc1)CC(C)C(=C)CN. The summed E-state index contributed by atoms with van der Waals surface area (Å²) in [6.45, 7) is 10.9. The summed E-state index contributed by atoms with van der Waals surface area (Å²) >= 11 is 0. The van der Waals surface area contributed by atoms with Crippen LogP contribution in [0.4, 0.5) is 0 Å². The second-order valence-electron chi connectivity index (χ2n) is 5.96. The molecule has 1 heteroatoms. The minimum absolute atomic E-state index is 0.404. The van der Waals surface area contributed by atoms with Gasteiger partial charge in [0.15, 0.2) is 0 Å². The molecule has 0 saturated heterocycles. The lowest BCUT2D eigenvalue weighted by molar-refractivity contribution is 0.653. The van der Waals surface area contributed by atoms with Gasteiger partial charge < -0.3 is 5.73 Å². The molecule has 22 heavy (non-hydrogen) atoms. The van der Waals surface area contributed by atoms with Crippen LogP contribution in [0.1, 0.15) is 18.9 Å². The van der Waals surface area contributed by atoms with E-state index in [4.69, 9.17) is 5.73 Å². The van der Waals surface area contributed by atoms with Gasteiger partial charge in [-0.15, -0.1) is 0 Å². The van der Waals surface area contributed by atoms with Crippen molar-refractivity contribution in [3.05, 3.63) is 84.5 Å². The molecule has 0 radical (unpaired) electrons. The summed E-state index contributed by atoms with van der Waals surface area (Å²) in [5.41, 5.74) is 11.8. The van der Waals surface area contributed by atoms with Gasteiger partial charge in [-0.1, -0.05) is 85.8 Å². The molecule has 0 fully saturated rings. The molecule has 1 unspecified atom stereocenters. The number of rotatable bonds is 7. The zero-order valence-electron chi connectivity index (χ0n) is 13.4. The minimum atomic E-state index is 0.404. The second kappa shape index (κ2) is 7.77. The van der Waals surface area contributed by atoms with Gasteiger partial charge in [0.2, 0.25) is 0 Å². The van der Waals surface area contributed by atoms with Crippen LogP contribution in [0.5, 0.6) is 0 Å². The minimum Gasteiger partial charge on any atom is -0.327 e. The van der Waals surface area contributed by atoms with E-state index in [-0.39, 0.29) is 0 Å². The smallest absolute Gasteiger partial charge is 0.0136 e. The maximum absolute atomic E-state index is 5.64. The molecule has 0 aliphatic heterocycles. The summed E-state index contributed by atoms with van der Waals surface area (Å²) < 4.78 is 0. The summed E-state index contributed by atoms with van der Waals surface area (Å²) in [5.74, 6) is 0.404. The Bertz CT molecular complexity index is 623. The molecule has 1 nitrogen and oxygen atoms in total. The van der Waals surface area contributed by atoms with Crippen molar-refractivity contribution in [3.8, 4) is 11.1 Å². The van der Waals surface area contributed by atoms with E-state index in [1.807, 2.05) is 6.07 Å². The van der Waals surface area contributed by atoms with Crippen molar-refractivity contribution in [1.29, 1.82) is 0 Å². The highest BCUT2D eigenvalue weighted by Gasteiger charge is 2.08. The fourth-order valence-electron chi connectivity index (χ4n) is 2.59. The summed E-state index contributed by atoms with van der Waals surface area (Å²) in [6.07, 6.45) is 1.87. The van der Waals surface area contributed by atoms with Crippen molar-refractivity contribution in [2.45, 2.75) is 19.8 Å². The molecule has 2 N–H and O–H groups in total. The highest BCUT2D eigenvalue weighted by molar-refractivity contribution is 5.63. The van der Waals surface area contributed by atoms with Gasteiger partial charge in [0, 0.05) is 6.54 Å². The lowest BCUT2D eigenvalue weighted by Crippen LogP contribution is -2.10. The van der Waals surface area contributed by atoms with Crippen molar-refractivity contribution in [2.75, 3.05) is 6.54 Å². The van der Waals surface area contributed by atoms with E-state index in [0.717, 1.165) is 18.4 Å². The van der Waals surface area contributed by atoms with Crippen molar-refractivity contribution < 1.29 is 0 Å². The fourth-order valence-corrected chi connectivity index (χ4v) is 2.59. The molecule has 0 heterocycles. The molecule has 0 amide bonds. The normalized spacial score (nSPS) is 11.9. The van der Waals surface area contributed by atoms with E-state index in [9.17, 15) is 0 Å². The zero-order valence-corrected chi connectivity index (χ0v) is 13.4. The number of nitrogens with two attached hydrogens (primary N) is 1. The largest absolute Gasteiger partial charge is 0.327 e. The third kappa shape index (κ3) is 4.44. The average Bonchev–Trinajstić information content (AvgIpc) is 2.55. The van der Waals surface area contributed by atoms with Gasteiger partial charge in [-0.2, -0.15) is 0 Å². The van der Waals surface area contributed by atoms with Crippen LogP contribution in [0.3, 0.4) is 0 Å². The van der Waals surface area contributed by atoms with Crippen LogP contribution in [0, 0.1) is 5.92 Å². The van der Waals surface area contributed by atoms with Crippen molar-refractivity contribution >= 4 is 0 Å². The third-order valence-corrected chi connectivity index (χ3v) is 4.07. The number of hydrogen-bond donors (Lipinski definition) is 1. The predicted octanol–water partition coefficient (Wildman–Crippen LogP) is 4.99. The fraction of sp³-hybridized carbons (Fsp3) is 0.238. The van der Waals surface area contributed by atoms with Crippen LogP contribution < -0.4 is 5.73 Å². The topological polar surface area (TPSA) is 26.0 Å². The maximum atomic E-state index is 5.64. The molecule has 2 aromatic rings. The van der Waals surface area contributed by atoms with Gasteiger partial charge in [0.05, 0.1) is 0 Å². The highest BCUT2D eigenvalue weighted by Crippen LogP contribution is 2.22. The first-order chi connectivity index (χ1) is 10.6. The molecule has 114 valence electrons. The predicted molar refractivity (Wildman–Crippen MR) is 96.7 cm³/mol. The van der Waals surface area contributed by atoms with Gasteiger partial charge in [-0.25, -0.2) is 0 Å². The molecular formula is C21H25N. The Hall–Kier alpha value is -2.12. The Kier molecular flexibility index (Phi) is 5.74. The molecule has 2 aromatic carbocycles. The first kappa shape index (κ1) is 16.3. The number of allylic oxidation sites excluding steroid dienone is 1. The van der Waals surface area contributed by atoms with Crippen LogP contribution in [0.2, 0.25) is 0 Å². The molecular weight excluding hydrogens is 266 g/mol. The molecule has 0 spiro atoms. The Morgan fingerprint density at radius 3 is 2.14 bits per heavy atom. The standard InChI is InChI=1S/C21H25N/c1-16(13-17(2)18(3)15-22)14-19-9-11-21(12-10-19)20-7-5-4-6-8-20/h4-12,17H,1,3,13-15,22H2,2H3. The molecule has 0 aliphatic carbocycles. The average molecular weight is 291 g/mol. The number of hydrogen-bond acceptors (Lipinski definition) is 1. The summed E-state index contributed by atoms with van der Waals surface area (Å²) in [5, 5.41) is 0. The van der Waals surface area contributed by atoms with Crippen molar-refractivity contribution in [2.24, 2.45) is 11.7 Å². The van der Waals surface area contributed by atoms with E-state index >= 15 is 0 Å². The van der Waals surface area contributed by atoms with Crippen LogP contribution in [0.15, 0.2) is 78.9 Å². The van der Waals surface area contributed by atoms with Crippen molar-refractivity contribution in [1.82, 2.24) is 0 Å². The molecule has 0 aliphatic rings. The van der Waals surface area contributed by atoms with E-state index in [1.54, 1.807) is 0 Å². The quantitative estimate of drug-likeness (QED) is 0.714. The maximum Gasteiger partial charge on any atom is 0.0136 e. The van der Waals surface area contributed by atoms with Crippen LogP contribution in [-0.2, 0) is 6.42 Å². The van der Waals surface area contributed by atoms with Gasteiger partial charge in [0.1, 0.15) is 0 Å². The summed E-state index contributed by atoms with van der Waals surface area (Å²) in [6, 6.07) is 19.2. The van der Waals surface area contributed by atoms with E-state index in [0.29, 0.717) is 12.5 Å². The summed E-state index contributed by atoms with van der Waals surface area (Å²) in [7, 11) is 0. The van der Waals surface area contributed by atoms with E-state index < -0.39 is 0 Å². The lowest BCUT2D eigenvalue weighted by Gasteiger charge is -2.15. The van der Waals surface area contributed by atoms with E-state index in [1.165, 1.54) is 22.3 Å². The first-order valence-corrected chi connectivity index (χ1v) is 7.79. The lowest BCUT2D eigenvalue weighted by atomic mass is 9.92. The Labute approximate surface area is 134 Å². The zero-order chi connectivity index (χ0) is 15.9. The van der Waals surface area contributed by atoms with Gasteiger partial charge in [-0.05, 0) is 35.4 Å². The summed E-state index contributed by atoms with van der Waals surface area (Å²) in [4.78, 5) is 0. The van der Waals surface area contributed by atoms with E-state index in [2.05, 4.69) is 68.6 Å². The molecule has 0 aromatic heterocycles. The molecule has 2 rings (SSSR count). The Morgan fingerprint density at radius 2 is 1.55 bits per heavy atom. The first-order valence-electron chi connectivity index (χ1n) is 7.79. The Balaban J connectivity index is 1.97. The van der Waals surface area contributed by atoms with Crippen LogP contribution >= 0.6 is 0 Å². The highest BCUT2D eigenvalue weighted by atomic mass is 14.5. The second-order valence-corrected chi connectivity index (χ2v) is 5.96. The van der Waals surface area contributed by atoms with Crippen LogP contribution in [0.25, 0.3) is 11.1 Å². The van der Waals surface area contributed by atoms with Gasteiger partial charge >= 0.3 is 0 Å². The monoisotopic (exact) mass is 291 g/mol. The third-order valence-electron chi connectivity index (χ3n) is 4.07. The van der Waals surface area contributed by atoms with Crippen molar-refractivity contribution in [3.63, 3.8) is 0 Å². The Morgan fingerprint density at radius 1 is 0.955 bits per heavy atom. The molecule has 0 bridgehead atoms. The molecule has 1 atom stereocenters.